The van der Waals surface area contributed by atoms with Crippen molar-refractivity contribution in [2.45, 2.75) is 32.2 Å². The molecule has 110 valence electrons. The average molecular weight is 408 g/mol. The molecule has 0 saturated carbocycles. The lowest BCUT2D eigenvalue weighted by atomic mass is 10.1. The van der Waals surface area contributed by atoms with E-state index < -0.39 is 12.0 Å². The van der Waals surface area contributed by atoms with Crippen molar-refractivity contribution in [1.29, 1.82) is 0 Å². The van der Waals surface area contributed by atoms with E-state index in [1.807, 2.05) is 6.92 Å². The van der Waals surface area contributed by atoms with Crippen LogP contribution in [0.1, 0.15) is 36.5 Å². The number of rotatable bonds is 6. The van der Waals surface area contributed by atoms with Crippen LogP contribution in [-0.4, -0.2) is 23.0 Å². The first-order valence-electron chi connectivity index (χ1n) is 6.15. The number of nitrogens with one attached hydrogen (secondary N) is 1. The Hall–Kier alpha value is -0.920. The van der Waals surface area contributed by atoms with Gasteiger partial charge in [0.1, 0.15) is 0 Å². The number of hydrogen-bond acceptors (Lipinski definition) is 3. The molecule has 0 aliphatic heterocycles. The second-order valence-corrected chi connectivity index (χ2v) is 6.12. The van der Waals surface area contributed by atoms with Crippen LogP contribution in [0.5, 0.6) is 0 Å². The summed E-state index contributed by atoms with van der Waals surface area (Å²) in [4.78, 5) is 23.2. The molecule has 4 N–H and O–H groups in total. The molecule has 1 aromatic carbocycles. The molecule has 5 nitrogen and oxygen atoms in total. The number of amides is 1. The fraction of sp³-hybridized carbons (Fsp3) is 0.385. The van der Waals surface area contributed by atoms with Gasteiger partial charge >= 0.3 is 5.97 Å². The topological polar surface area (TPSA) is 92.4 Å². The summed E-state index contributed by atoms with van der Waals surface area (Å²) >= 11 is 6.46. The molecular formula is C13H16Br2N2O3. The highest BCUT2D eigenvalue weighted by atomic mass is 79.9. The molecule has 0 spiro atoms. The van der Waals surface area contributed by atoms with Crippen molar-refractivity contribution in [1.82, 2.24) is 0 Å². The third kappa shape index (κ3) is 4.57. The minimum absolute atomic E-state index is 0.00212. The number of halogens is 2. The van der Waals surface area contributed by atoms with E-state index in [9.17, 15) is 14.7 Å². The zero-order valence-electron chi connectivity index (χ0n) is 11.0. The highest BCUT2D eigenvalue weighted by molar-refractivity contribution is 9.11. The van der Waals surface area contributed by atoms with E-state index in [0.29, 0.717) is 15.4 Å². The molecule has 0 fully saturated rings. The Labute approximate surface area is 134 Å². The van der Waals surface area contributed by atoms with E-state index >= 15 is 0 Å². The maximum atomic E-state index is 12.0. The molecule has 7 heteroatoms. The second-order valence-electron chi connectivity index (χ2n) is 4.35. The monoisotopic (exact) mass is 406 g/mol. The van der Waals surface area contributed by atoms with Crippen molar-refractivity contribution in [3.63, 3.8) is 0 Å². The number of carboxylic acids is 1. The van der Waals surface area contributed by atoms with E-state index in [0.717, 1.165) is 12.8 Å². The highest BCUT2D eigenvalue weighted by Crippen LogP contribution is 2.31. The predicted octanol–water partition coefficient (Wildman–Crippen LogP) is 3.37. The summed E-state index contributed by atoms with van der Waals surface area (Å²) in [7, 11) is 0. The maximum absolute atomic E-state index is 12.0. The molecule has 0 bridgehead atoms. The third-order valence-corrected chi connectivity index (χ3v) is 3.82. The quantitative estimate of drug-likeness (QED) is 0.673. The molecule has 1 atom stereocenters. The molecule has 1 aromatic rings. The van der Waals surface area contributed by atoms with Gasteiger partial charge in [0, 0.05) is 8.95 Å². The molecular weight excluding hydrogens is 392 g/mol. The van der Waals surface area contributed by atoms with Gasteiger partial charge in [-0.1, -0.05) is 35.7 Å². The lowest BCUT2D eigenvalue weighted by molar-refractivity contribution is -0.117. The van der Waals surface area contributed by atoms with Gasteiger partial charge in [-0.25, -0.2) is 4.79 Å². The van der Waals surface area contributed by atoms with Gasteiger partial charge in [0.15, 0.2) is 0 Å². The van der Waals surface area contributed by atoms with E-state index in [2.05, 4.69) is 37.2 Å². The molecule has 0 aromatic heterocycles. The molecule has 0 aliphatic rings. The van der Waals surface area contributed by atoms with Gasteiger partial charge in [0.05, 0.1) is 17.3 Å². The summed E-state index contributed by atoms with van der Waals surface area (Å²) in [6.07, 6.45) is 2.37. The Balaban J connectivity index is 2.97. The number of carbonyl (C=O) groups is 2. The Morgan fingerprint density at radius 1 is 1.40 bits per heavy atom. The van der Waals surface area contributed by atoms with Gasteiger partial charge in [-0.2, -0.15) is 0 Å². The number of anilines is 1. The Morgan fingerprint density at radius 2 is 2.05 bits per heavy atom. The Bertz CT molecular complexity index is 521. The highest BCUT2D eigenvalue weighted by Gasteiger charge is 2.19. The van der Waals surface area contributed by atoms with Crippen molar-refractivity contribution in [3.05, 3.63) is 26.6 Å². The number of nitrogens with two attached hydrogens (primary N) is 1. The number of unbranched alkanes of at least 4 members (excludes halogenated alkanes) is 1. The predicted molar refractivity (Wildman–Crippen MR) is 84.9 cm³/mol. The van der Waals surface area contributed by atoms with Crippen molar-refractivity contribution < 1.29 is 14.7 Å². The number of carboxylic acid groups (broad SMARTS) is 1. The third-order valence-electron chi connectivity index (χ3n) is 2.74. The van der Waals surface area contributed by atoms with Crippen molar-refractivity contribution in [3.8, 4) is 0 Å². The maximum Gasteiger partial charge on any atom is 0.337 e. The van der Waals surface area contributed by atoms with Crippen molar-refractivity contribution in [2.75, 3.05) is 5.32 Å². The van der Waals surface area contributed by atoms with Crippen LogP contribution >= 0.6 is 31.9 Å². The fourth-order valence-corrected chi connectivity index (χ4v) is 2.96. The van der Waals surface area contributed by atoms with Gasteiger partial charge < -0.3 is 16.2 Å². The molecule has 0 heterocycles. The van der Waals surface area contributed by atoms with Gasteiger partial charge in [0.2, 0.25) is 5.91 Å². The lowest BCUT2D eigenvalue weighted by Crippen LogP contribution is -2.36. The first kappa shape index (κ1) is 17.1. The molecule has 1 rings (SSSR count). The minimum atomic E-state index is -1.12. The standard InChI is InChI=1S/C13H16Br2N2O3/c1-2-3-4-10(16)12(18)17-11-8(13(19)20)5-7(14)6-9(11)15/h5-6,10H,2-4,16H2,1H3,(H,17,18)(H,19,20). The van der Waals surface area contributed by atoms with E-state index in [1.54, 1.807) is 6.07 Å². The molecule has 1 amide bonds. The summed E-state index contributed by atoms with van der Waals surface area (Å²) in [5.41, 5.74) is 6.00. The van der Waals surface area contributed by atoms with Crippen LogP contribution in [0.4, 0.5) is 5.69 Å². The zero-order chi connectivity index (χ0) is 15.3. The molecule has 0 radical (unpaired) electrons. The van der Waals surface area contributed by atoms with E-state index in [-0.39, 0.29) is 17.2 Å². The first-order chi connectivity index (χ1) is 9.36. The van der Waals surface area contributed by atoms with Gasteiger partial charge in [-0.3, -0.25) is 4.79 Å². The van der Waals surface area contributed by atoms with Gasteiger partial charge in [-0.15, -0.1) is 0 Å². The summed E-state index contributed by atoms with van der Waals surface area (Å²) < 4.78 is 1.09. The van der Waals surface area contributed by atoms with Crippen molar-refractivity contribution in [2.24, 2.45) is 5.73 Å². The first-order valence-corrected chi connectivity index (χ1v) is 7.74. The molecule has 20 heavy (non-hydrogen) atoms. The van der Waals surface area contributed by atoms with E-state index in [4.69, 9.17) is 5.73 Å². The van der Waals surface area contributed by atoms with Crippen LogP contribution in [0.15, 0.2) is 21.1 Å². The summed E-state index contributed by atoms with van der Waals surface area (Å²) in [5.74, 6) is -1.51. The molecule has 0 aliphatic carbocycles. The summed E-state index contributed by atoms with van der Waals surface area (Å²) in [6.45, 7) is 2.01. The minimum Gasteiger partial charge on any atom is -0.478 e. The van der Waals surface area contributed by atoms with Gasteiger partial charge in [0.25, 0.3) is 0 Å². The second kappa shape index (κ2) is 7.75. The molecule has 0 saturated heterocycles. The van der Waals surface area contributed by atoms with Crippen LogP contribution in [0.2, 0.25) is 0 Å². The fourth-order valence-electron chi connectivity index (χ4n) is 1.64. The SMILES string of the molecule is CCCCC(N)C(=O)Nc1c(Br)cc(Br)cc1C(=O)O. The normalized spacial score (nSPS) is 12.0. The number of carbonyl (C=O) groups excluding carboxylic acids is 1. The van der Waals surface area contributed by atoms with Gasteiger partial charge in [-0.05, 0) is 34.5 Å². The number of benzene rings is 1. The average Bonchev–Trinajstić information content (AvgIpc) is 2.38. The van der Waals surface area contributed by atoms with Crippen LogP contribution < -0.4 is 11.1 Å². The Kier molecular flexibility index (Phi) is 6.64. The van der Waals surface area contributed by atoms with E-state index in [1.165, 1.54) is 6.07 Å². The van der Waals surface area contributed by atoms with Crippen LogP contribution in [-0.2, 0) is 4.79 Å². The number of hydrogen-bond donors (Lipinski definition) is 3. The smallest absolute Gasteiger partial charge is 0.337 e. The lowest BCUT2D eigenvalue weighted by Gasteiger charge is -2.15. The van der Waals surface area contributed by atoms with Crippen LogP contribution in [0, 0.1) is 0 Å². The number of aromatic carboxylic acids is 1. The largest absolute Gasteiger partial charge is 0.478 e. The summed E-state index contributed by atoms with van der Waals surface area (Å²) in [5, 5.41) is 11.8. The Morgan fingerprint density at radius 3 is 2.60 bits per heavy atom. The zero-order valence-corrected chi connectivity index (χ0v) is 14.1. The van der Waals surface area contributed by atoms with Crippen LogP contribution in [0.3, 0.4) is 0 Å². The van der Waals surface area contributed by atoms with Crippen molar-refractivity contribution >= 4 is 49.4 Å². The summed E-state index contributed by atoms with van der Waals surface area (Å²) in [6, 6.07) is 2.45. The van der Waals surface area contributed by atoms with Crippen LogP contribution in [0.25, 0.3) is 0 Å². The molecule has 1 unspecified atom stereocenters.